The molecule has 0 saturated heterocycles. The Kier molecular flexibility index (Phi) is 7.38. The quantitative estimate of drug-likeness (QED) is 0.278. The van der Waals surface area contributed by atoms with E-state index in [1.165, 1.54) is 16.4 Å². The number of rotatable bonds is 8. The van der Waals surface area contributed by atoms with Crippen LogP contribution in [0, 0.1) is 11.3 Å². The lowest BCUT2D eigenvalue weighted by Crippen LogP contribution is -2.30. The standard InChI is InChI=1S/C22H21ClN4O5S/c1-3-27(4-2)33(30,31)14-9-10-17(23)15(11-14)22(29)32-13-20(28)16(12-24)21-25-18-7-5-6-8-19(18)26-21/h5-11,28H,3-4,13H2,1-2H3,(H,25,26). The molecule has 172 valence electrons. The van der Waals surface area contributed by atoms with Gasteiger partial charge in [0, 0.05) is 13.1 Å². The molecule has 0 unspecified atom stereocenters. The van der Waals surface area contributed by atoms with E-state index in [9.17, 15) is 23.6 Å². The zero-order valence-corrected chi connectivity index (χ0v) is 19.4. The number of halogens is 1. The van der Waals surface area contributed by atoms with E-state index in [1.807, 2.05) is 6.07 Å². The fourth-order valence-corrected chi connectivity index (χ4v) is 4.82. The Labute approximate surface area is 195 Å². The van der Waals surface area contributed by atoms with Crippen LogP contribution in [0.5, 0.6) is 0 Å². The van der Waals surface area contributed by atoms with Crippen LogP contribution in [0.1, 0.15) is 30.0 Å². The average Bonchev–Trinajstić information content (AvgIpc) is 3.22. The summed E-state index contributed by atoms with van der Waals surface area (Å²) < 4.78 is 31.8. The molecule has 0 aliphatic heterocycles. The molecular formula is C22H21ClN4O5S. The van der Waals surface area contributed by atoms with Crippen LogP contribution in [0.2, 0.25) is 5.02 Å². The van der Waals surface area contributed by atoms with Crippen LogP contribution >= 0.6 is 11.6 Å². The number of ether oxygens (including phenoxy) is 1. The third-order valence-corrected chi connectivity index (χ3v) is 7.24. The number of H-pyrrole nitrogens is 1. The summed E-state index contributed by atoms with van der Waals surface area (Å²) in [6.45, 7) is 3.30. The second-order valence-electron chi connectivity index (χ2n) is 6.84. The second kappa shape index (κ2) is 10.0. The van der Waals surface area contributed by atoms with Gasteiger partial charge in [0.1, 0.15) is 18.2 Å². The number of nitrogens with one attached hydrogen (secondary N) is 1. The molecular weight excluding hydrogens is 468 g/mol. The molecule has 11 heteroatoms. The second-order valence-corrected chi connectivity index (χ2v) is 9.19. The summed E-state index contributed by atoms with van der Waals surface area (Å²) in [4.78, 5) is 19.6. The van der Waals surface area contributed by atoms with E-state index >= 15 is 0 Å². The van der Waals surface area contributed by atoms with Crippen LogP contribution in [0.15, 0.2) is 53.1 Å². The maximum absolute atomic E-state index is 12.7. The first-order valence-corrected chi connectivity index (χ1v) is 11.8. The van der Waals surface area contributed by atoms with Crippen molar-refractivity contribution in [2.45, 2.75) is 18.7 Å². The first-order chi connectivity index (χ1) is 15.7. The molecule has 3 rings (SSSR count). The first kappa shape index (κ1) is 24.3. The van der Waals surface area contributed by atoms with Gasteiger partial charge in [-0.05, 0) is 30.3 Å². The smallest absolute Gasteiger partial charge is 0.340 e. The van der Waals surface area contributed by atoms with Gasteiger partial charge in [-0.1, -0.05) is 37.6 Å². The number of allylic oxidation sites excluding steroid dienone is 1. The fraction of sp³-hybridized carbons (Fsp3) is 0.227. The molecule has 0 amide bonds. The van der Waals surface area contributed by atoms with E-state index in [1.54, 1.807) is 38.1 Å². The number of nitriles is 1. The number of carbonyl (C=O) groups excluding carboxylic acids is 1. The molecule has 0 saturated carbocycles. The Bertz CT molecular complexity index is 1340. The van der Waals surface area contributed by atoms with Gasteiger partial charge >= 0.3 is 5.97 Å². The van der Waals surface area contributed by atoms with E-state index in [4.69, 9.17) is 16.3 Å². The summed E-state index contributed by atoms with van der Waals surface area (Å²) in [5, 5.41) is 19.8. The summed E-state index contributed by atoms with van der Waals surface area (Å²) in [5.74, 6) is -1.35. The fourth-order valence-electron chi connectivity index (χ4n) is 3.14. The third kappa shape index (κ3) is 5.01. The number of carbonyl (C=O) groups is 1. The molecule has 2 N–H and O–H groups in total. The lowest BCUT2D eigenvalue weighted by atomic mass is 10.2. The maximum atomic E-state index is 12.7. The third-order valence-electron chi connectivity index (χ3n) is 4.87. The summed E-state index contributed by atoms with van der Waals surface area (Å²) >= 11 is 6.08. The van der Waals surface area contributed by atoms with E-state index < -0.39 is 28.4 Å². The number of nitrogens with zero attached hydrogens (tertiary/aromatic N) is 3. The molecule has 1 heterocycles. The van der Waals surface area contributed by atoms with Crippen molar-refractivity contribution in [1.29, 1.82) is 5.26 Å². The predicted molar refractivity (Wildman–Crippen MR) is 123 cm³/mol. The molecule has 9 nitrogen and oxygen atoms in total. The zero-order chi connectivity index (χ0) is 24.2. The van der Waals surface area contributed by atoms with Crippen LogP contribution in [0.25, 0.3) is 16.6 Å². The molecule has 0 fully saturated rings. The van der Waals surface area contributed by atoms with Gasteiger partial charge in [0.25, 0.3) is 0 Å². The lowest BCUT2D eigenvalue weighted by molar-refractivity contribution is 0.0502. The largest absolute Gasteiger partial charge is 0.507 e. The zero-order valence-electron chi connectivity index (χ0n) is 17.9. The number of aliphatic hydroxyl groups is 1. The van der Waals surface area contributed by atoms with Gasteiger partial charge in [0.15, 0.2) is 11.6 Å². The molecule has 3 aromatic rings. The highest BCUT2D eigenvalue weighted by Crippen LogP contribution is 2.24. The number of para-hydroxylation sites is 2. The van der Waals surface area contributed by atoms with Crippen LogP contribution in [-0.2, 0) is 14.8 Å². The van der Waals surface area contributed by atoms with Crippen LogP contribution < -0.4 is 0 Å². The highest BCUT2D eigenvalue weighted by Gasteiger charge is 2.24. The number of sulfonamides is 1. The van der Waals surface area contributed by atoms with E-state index in [0.717, 1.165) is 6.07 Å². The Morgan fingerprint density at radius 1 is 1.24 bits per heavy atom. The Hall–Kier alpha value is -3.39. The van der Waals surface area contributed by atoms with Crippen molar-refractivity contribution in [1.82, 2.24) is 14.3 Å². The van der Waals surface area contributed by atoms with Crippen molar-refractivity contribution >= 4 is 44.2 Å². The highest BCUT2D eigenvalue weighted by molar-refractivity contribution is 7.89. The van der Waals surface area contributed by atoms with Crippen molar-refractivity contribution < 1.29 is 23.1 Å². The van der Waals surface area contributed by atoms with E-state index in [2.05, 4.69) is 9.97 Å². The number of hydrogen-bond acceptors (Lipinski definition) is 7. The molecule has 0 aliphatic rings. The van der Waals surface area contributed by atoms with Crippen LogP contribution in [0.4, 0.5) is 0 Å². The molecule has 0 aliphatic carbocycles. The Balaban J connectivity index is 1.84. The topological polar surface area (TPSA) is 136 Å². The van der Waals surface area contributed by atoms with Gasteiger partial charge in [-0.15, -0.1) is 0 Å². The minimum Gasteiger partial charge on any atom is -0.507 e. The van der Waals surface area contributed by atoms with E-state index in [-0.39, 0.29) is 40.0 Å². The van der Waals surface area contributed by atoms with Gasteiger partial charge < -0.3 is 14.8 Å². The molecule has 0 spiro atoms. The van der Waals surface area contributed by atoms with Gasteiger partial charge in [-0.2, -0.15) is 9.57 Å². The SMILES string of the molecule is CCN(CC)S(=O)(=O)c1ccc(Cl)c(C(=O)OCC(O)=C(C#N)c2nc3ccccc3[nH]2)c1. The van der Waals surface area contributed by atoms with Gasteiger partial charge in [0.2, 0.25) is 10.0 Å². The van der Waals surface area contributed by atoms with Crippen molar-refractivity contribution in [3.05, 3.63) is 64.6 Å². The minimum atomic E-state index is -3.82. The number of aromatic amines is 1. The van der Waals surface area contributed by atoms with Crippen molar-refractivity contribution in [2.24, 2.45) is 0 Å². The maximum Gasteiger partial charge on any atom is 0.340 e. The lowest BCUT2D eigenvalue weighted by Gasteiger charge is -2.19. The van der Waals surface area contributed by atoms with E-state index in [0.29, 0.717) is 11.0 Å². The molecule has 0 atom stereocenters. The normalized spacial score (nSPS) is 12.5. The molecule has 0 radical (unpaired) electrons. The number of aliphatic hydroxyl groups excluding tert-OH is 1. The number of esters is 1. The van der Waals surface area contributed by atoms with Crippen molar-refractivity contribution in [3.8, 4) is 6.07 Å². The molecule has 1 aromatic heterocycles. The minimum absolute atomic E-state index is 0.0141. The van der Waals surface area contributed by atoms with Gasteiger partial charge in [-0.25, -0.2) is 18.2 Å². The van der Waals surface area contributed by atoms with Crippen LogP contribution in [0.3, 0.4) is 0 Å². The van der Waals surface area contributed by atoms with Gasteiger partial charge in [0.05, 0.1) is 26.5 Å². The molecule has 33 heavy (non-hydrogen) atoms. The molecule has 0 bridgehead atoms. The summed E-state index contributed by atoms with van der Waals surface area (Å²) in [6.07, 6.45) is 0. The number of hydrogen-bond donors (Lipinski definition) is 2. The van der Waals surface area contributed by atoms with Crippen molar-refractivity contribution in [2.75, 3.05) is 19.7 Å². The average molecular weight is 489 g/mol. The predicted octanol–water partition coefficient (Wildman–Crippen LogP) is 3.90. The highest BCUT2D eigenvalue weighted by atomic mass is 35.5. The monoisotopic (exact) mass is 488 g/mol. The first-order valence-electron chi connectivity index (χ1n) is 9.97. The number of imidazole rings is 1. The number of aromatic nitrogens is 2. The van der Waals surface area contributed by atoms with Crippen molar-refractivity contribution in [3.63, 3.8) is 0 Å². The summed E-state index contributed by atoms with van der Waals surface area (Å²) in [5.41, 5.74) is 0.897. The Morgan fingerprint density at radius 2 is 1.94 bits per heavy atom. The number of fused-ring (bicyclic) bond motifs is 1. The summed E-state index contributed by atoms with van der Waals surface area (Å²) in [7, 11) is -3.82. The number of benzene rings is 2. The van der Waals surface area contributed by atoms with Crippen LogP contribution in [-0.4, -0.2) is 53.5 Å². The summed E-state index contributed by atoms with van der Waals surface area (Å²) in [6, 6.07) is 12.6. The Morgan fingerprint density at radius 3 is 2.58 bits per heavy atom. The molecule has 2 aromatic carbocycles. The van der Waals surface area contributed by atoms with Gasteiger partial charge in [-0.3, -0.25) is 0 Å².